The summed E-state index contributed by atoms with van der Waals surface area (Å²) in [5, 5.41) is 3.13. The van der Waals surface area contributed by atoms with Gasteiger partial charge in [-0.05, 0) is 59.2 Å². The van der Waals surface area contributed by atoms with Crippen molar-refractivity contribution in [3.63, 3.8) is 0 Å². The Hall–Kier alpha value is -1.33. The van der Waals surface area contributed by atoms with E-state index in [9.17, 15) is 8.78 Å². The fourth-order valence-electron chi connectivity index (χ4n) is 1.85. The van der Waals surface area contributed by atoms with Gasteiger partial charge < -0.3 is 5.32 Å². The summed E-state index contributed by atoms with van der Waals surface area (Å²) in [6.45, 7) is 0. The molecule has 1 unspecified atom stereocenters. The minimum Gasteiger partial charge on any atom is -0.311 e. The third-order valence-electron chi connectivity index (χ3n) is 2.88. The Kier molecular flexibility index (Phi) is 4.61. The van der Waals surface area contributed by atoms with E-state index in [1.54, 1.807) is 12.3 Å². The molecule has 0 aliphatic rings. The Labute approximate surface area is 119 Å². The van der Waals surface area contributed by atoms with Gasteiger partial charge in [0.05, 0.1) is 11.7 Å². The van der Waals surface area contributed by atoms with Crippen LogP contribution in [0.1, 0.15) is 17.3 Å². The summed E-state index contributed by atoms with van der Waals surface area (Å²) >= 11 is 3.33. The molecule has 1 atom stereocenters. The molecule has 1 heterocycles. The van der Waals surface area contributed by atoms with Gasteiger partial charge in [0, 0.05) is 10.7 Å². The van der Waals surface area contributed by atoms with Crippen molar-refractivity contribution in [1.82, 2.24) is 10.3 Å². The van der Waals surface area contributed by atoms with Gasteiger partial charge in [0.25, 0.3) is 0 Å². The number of hydrogen-bond acceptors (Lipinski definition) is 2. The van der Waals surface area contributed by atoms with Crippen LogP contribution in [0.2, 0.25) is 0 Å². The van der Waals surface area contributed by atoms with E-state index in [4.69, 9.17) is 0 Å². The molecule has 2 aromatic rings. The number of hydrogen-bond donors (Lipinski definition) is 1. The Morgan fingerprint density at radius 2 is 2.00 bits per heavy atom. The van der Waals surface area contributed by atoms with Gasteiger partial charge in [0.15, 0.2) is 11.6 Å². The van der Waals surface area contributed by atoms with Crippen molar-refractivity contribution in [2.75, 3.05) is 7.05 Å². The molecule has 5 heteroatoms. The predicted molar refractivity (Wildman–Crippen MR) is 73.8 cm³/mol. The van der Waals surface area contributed by atoms with E-state index in [1.165, 1.54) is 6.07 Å². The van der Waals surface area contributed by atoms with Gasteiger partial charge in [-0.25, -0.2) is 8.78 Å². The molecule has 0 bridgehead atoms. The van der Waals surface area contributed by atoms with Crippen molar-refractivity contribution in [3.05, 3.63) is 63.9 Å². The van der Waals surface area contributed by atoms with Gasteiger partial charge in [-0.3, -0.25) is 4.98 Å². The number of halogens is 3. The second-order valence-corrected chi connectivity index (χ2v) is 5.11. The first-order valence-electron chi connectivity index (χ1n) is 5.83. The maximum Gasteiger partial charge on any atom is 0.159 e. The highest BCUT2D eigenvalue weighted by atomic mass is 79.9. The van der Waals surface area contributed by atoms with Crippen LogP contribution in [0.4, 0.5) is 8.78 Å². The zero-order chi connectivity index (χ0) is 13.8. The van der Waals surface area contributed by atoms with E-state index in [0.717, 1.165) is 21.8 Å². The molecule has 1 N–H and O–H groups in total. The molecule has 2 rings (SSSR count). The van der Waals surface area contributed by atoms with E-state index >= 15 is 0 Å². The summed E-state index contributed by atoms with van der Waals surface area (Å²) in [5.74, 6) is -1.65. The summed E-state index contributed by atoms with van der Waals surface area (Å²) in [6, 6.07) is 7.70. The molecule has 1 aromatic heterocycles. The lowest BCUT2D eigenvalue weighted by Gasteiger charge is -2.16. The molecule has 1 aromatic carbocycles. The van der Waals surface area contributed by atoms with Gasteiger partial charge in [-0.15, -0.1) is 0 Å². The van der Waals surface area contributed by atoms with Crippen LogP contribution in [-0.4, -0.2) is 12.0 Å². The van der Waals surface area contributed by atoms with Gasteiger partial charge in [-0.2, -0.15) is 0 Å². The van der Waals surface area contributed by atoms with Gasteiger partial charge in [-0.1, -0.05) is 6.07 Å². The van der Waals surface area contributed by atoms with Crippen LogP contribution in [-0.2, 0) is 6.42 Å². The number of likely N-dealkylation sites (N-methyl/N-ethyl adjacent to an activating group) is 1. The molecular formula is C14H13BrF2N2. The van der Waals surface area contributed by atoms with E-state index in [2.05, 4.69) is 26.2 Å². The summed E-state index contributed by atoms with van der Waals surface area (Å²) in [7, 11) is 1.81. The predicted octanol–water partition coefficient (Wildman–Crippen LogP) is 3.63. The lowest BCUT2D eigenvalue weighted by atomic mass is 10.0. The SMILES string of the molecule is CNC(Cc1ccc(F)c(F)c1)c1ccc(Br)cn1. The number of aromatic nitrogens is 1. The fraction of sp³-hybridized carbons (Fsp3) is 0.214. The topological polar surface area (TPSA) is 24.9 Å². The Balaban J connectivity index is 2.18. The summed E-state index contributed by atoms with van der Waals surface area (Å²) in [6.07, 6.45) is 2.26. The number of rotatable bonds is 4. The molecule has 0 amide bonds. The van der Waals surface area contributed by atoms with Crippen LogP contribution >= 0.6 is 15.9 Å². The highest BCUT2D eigenvalue weighted by Crippen LogP contribution is 2.19. The van der Waals surface area contributed by atoms with E-state index in [-0.39, 0.29) is 6.04 Å². The Bertz CT molecular complexity index is 558. The van der Waals surface area contributed by atoms with Gasteiger partial charge in [0.1, 0.15) is 0 Å². The molecule has 100 valence electrons. The van der Waals surface area contributed by atoms with E-state index in [1.807, 2.05) is 19.2 Å². The molecule has 0 spiro atoms. The van der Waals surface area contributed by atoms with Crippen LogP contribution in [0.15, 0.2) is 41.0 Å². The second-order valence-electron chi connectivity index (χ2n) is 4.20. The Morgan fingerprint density at radius 1 is 1.21 bits per heavy atom. The monoisotopic (exact) mass is 326 g/mol. The largest absolute Gasteiger partial charge is 0.311 e. The quantitative estimate of drug-likeness (QED) is 0.928. The second kappa shape index (κ2) is 6.21. The smallest absolute Gasteiger partial charge is 0.159 e. The molecule has 2 nitrogen and oxygen atoms in total. The Morgan fingerprint density at radius 3 is 2.58 bits per heavy atom. The van der Waals surface area contributed by atoms with Crippen molar-refractivity contribution in [2.24, 2.45) is 0 Å². The van der Waals surface area contributed by atoms with Crippen LogP contribution in [0, 0.1) is 11.6 Å². The van der Waals surface area contributed by atoms with E-state index < -0.39 is 11.6 Å². The van der Waals surface area contributed by atoms with E-state index in [0.29, 0.717) is 6.42 Å². The highest BCUT2D eigenvalue weighted by Gasteiger charge is 2.12. The normalized spacial score (nSPS) is 12.4. The summed E-state index contributed by atoms with van der Waals surface area (Å²) in [4.78, 5) is 4.31. The summed E-state index contributed by atoms with van der Waals surface area (Å²) < 4.78 is 27.0. The van der Waals surface area contributed by atoms with Crippen molar-refractivity contribution in [1.29, 1.82) is 0 Å². The molecular weight excluding hydrogens is 314 g/mol. The highest BCUT2D eigenvalue weighted by molar-refractivity contribution is 9.10. The minimum absolute atomic E-state index is 0.0436. The first-order chi connectivity index (χ1) is 9.10. The van der Waals surface area contributed by atoms with Crippen molar-refractivity contribution in [2.45, 2.75) is 12.5 Å². The first kappa shape index (κ1) is 14.1. The third kappa shape index (κ3) is 3.58. The molecule has 0 aliphatic heterocycles. The zero-order valence-electron chi connectivity index (χ0n) is 10.3. The summed E-state index contributed by atoms with van der Waals surface area (Å²) in [5.41, 5.74) is 1.58. The van der Waals surface area contributed by atoms with Crippen LogP contribution in [0.3, 0.4) is 0 Å². The van der Waals surface area contributed by atoms with Crippen molar-refractivity contribution < 1.29 is 8.78 Å². The average Bonchev–Trinajstić information content (AvgIpc) is 2.41. The zero-order valence-corrected chi connectivity index (χ0v) is 11.9. The number of nitrogens with zero attached hydrogens (tertiary/aromatic N) is 1. The lowest BCUT2D eigenvalue weighted by molar-refractivity contribution is 0.504. The number of nitrogens with one attached hydrogen (secondary N) is 1. The average molecular weight is 327 g/mol. The van der Waals surface area contributed by atoms with Crippen molar-refractivity contribution in [3.8, 4) is 0 Å². The molecule has 0 saturated carbocycles. The molecule has 0 saturated heterocycles. The maximum absolute atomic E-state index is 13.2. The molecule has 0 fully saturated rings. The molecule has 19 heavy (non-hydrogen) atoms. The number of benzene rings is 1. The van der Waals surface area contributed by atoms with Crippen LogP contribution in [0.5, 0.6) is 0 Å². The first-order valence-corrected chi connectivity index (χ1v) is 6.62. The van der Waals surface area contributed by atoms with Crippen LogP contribution in [0.25, 0.3) is 0 Å². The molecule has 0 aliphatic carbocycles. The lowest BCUT2D eigenvalue weighted by Crippen LogP contribution is -2.20. The maximum atomic E-state index is 13.2. The third-order valence-corrected chi connectivity index (χ3v) is 3.35. The number of pyridine rings is 1. The van der Waals surface area contributed by atoms with Gasteiger partial charge >= 0.3 is 0 Å². The van der Waals surface area contributed by atoms with Gasteiger partial charge in [0.2, 0.25) is 0 Å². The molecule has 0 radical (unpaired) electrons. The van der Waals surface area contributed by atoms with Crippen molar-refractivity contribution >= 4 is 15.9 Å². The van der Waals surface area contributed by atoms with Crippen LogP contribution < -0.4 is 5.32 Å². The standard InChI is InChI=1S/C14H13BrF2N2/c1-18-14(13-5-3-10(15)8-19-13)7-9-2-4-11(16)12(17)6-9/h2-6,8,14,18H,7H2,1H3. The minimum atomic E-state index is -0.827. The fourth-order valence-corrected chi connectivity index (χ4v) is 2.08.